The van der Waals surface area contributed by atoms with Gasteiger partial charge in [0, 0.05) is 7.11 Å². The maximum Gasteiger partial charge on any atom is 0.434 e. The first-order valence-corrected chi connectivity index (χ1v) is 5.55. The van der Waals surface area contributed by atoms with Crippen LogP contribution in [0.15, 0.2) is 0 Å². The fourth-order valence-corrected chi connectivity index (χ4v) is 1.70. The van der Waals surface area contributed by atoms with Crippen LogP contribution in [0.5, 0.6) is 0 Å². The predicted octanol–water partition coefficient (Wildman–Crippen LogP) is 2.63. The lowest BCUT2D eigenvalue weighted by Crippen LogP contribution is -2.23. The van der Waals surface area contributed by atoms with Gasteiger partial charge in [0.2, 0.25) is 0 Å². The first-order chi connectivity index (χ1) is 7.95. The highest BCUT2D eigenvalue weighted by Crippen LogP contribution is 2.33. The summed E-state index contributed by atoms with van der Waals surface area (Å²) in [6, 6.07) is -0.499. The molecule has 8 heteroatoms. The number of hydrogen-bond acceptors (Lipinski definition) is 3. The minimum Gasteiger partial charge on any atom is -0.382 e. The summed E-state index contributed by atoms with van der Waals surface area (Å²) in [6.45, 7) is 1.90. The van der Waals surface area contributed by atoms with Crippen molar-refractivity contribution < 1.29 is 17.9 Å². The third-order valence-electron chi connectivity index (χ3n) is 2.34. The van der Waals surface area contributed by atoms with E-state index in [1.165, 1.54) is 7.11 Å². The van der Waals surface area contributed by atoms with Crippen LogP contribution >= 0.6 is 11.6 Å². The van der Waals surface area contributed by atoms with Gasteiger partial charge >= 0.3 is 6.18 Å². The molecule has 4 nitrogen and oxygen atoms in total. The minimum atomic E-state index is -4.52. The molecule has 0 aromatic carbocycles. The molecule has 0 saturated carbocycles. The lowest BCUT2D eigenvalue weighted by molar-refractivity contribution is -0.146. The summed E-state index contributed by atoms with van der Waals surface area (Å²) in [4.78, 5) is 0. The van der Waals surface area contributed by atoms with E-state index in [1.807, 2.05) is 0 Å². The standard InChI is InChI=1S/C9H13ClF3N3O/c1-3-6(5-17-2)16-8(9(11,12)13)7(4-10)14-15-16/h6H,3-5H2,1-2H3. The van der Waals surface area contributed by atoms with Crippen LogP contribution in [0, 0.1) is 0 Å². The normalized spacial score (nSPS) is 14.0. The van der Waals surface area contributed by atoms with E-state index in [0.717, 1.165) is 4.68 Å². The van der Waals surface area contributed by atoms with E-state index in [2.05, 4.69) is 10.3 Å². The van der Waals surface area contributed by atoms with E-state index < -0.39 is 17.9 Å². The number of aromatic nitrogens is 3. The molecule has 1 aromatic heterocycles. The summed E-state index contributed by atoms with van der Waals surface area (Å²) in [5, 5.41) is 6.98. The quantitative estimate of drug-likeness (QED) is 0.773. The Morgan fingerprint density at radius 2 is 2.12 bits per heavy atom. The molecule has 98 valence electrons. The monoisotopic (exact) mass is 271 g/mol. The van der Waals surface area contributed by atoms with E-state index >= 15 is 0 Å². The Bertz CT molecular complexity index is 367. The van der Waals surface area contributed by atoms with Crippen LogP contribution in [-0.4, -0.2) is 28.7 Å². The smallest absolute Gasteiger partial charge is 0.382 e. The topological polar surface area (TPSA) is 39.9 Å². The summed E-state index contributed by atoms with van der Waals surface area (Å²) in [5.41, 5.74) is -1.15. The first kappa shape index (κ1) is 14.2. The van der Waals surface area contributed by atoms with Crippen molar-refractivity contribution in [3.05, 3.63) is 11.4 Å². The average molecular weight is 272 g/mol. The Hall–Kier alpha value is -0.820. The van der Waals surface area contributed by atoms with Crippen molar-refractivity contribution in [1.82, 2.24) is 15.0 Å². The molecular formula is C9H13ClF3N3O. The highest BCUT2D eigenvalue weighted by atomic mass is 35.5. The van der Waals surface area contributed by atoms with Gasteiger partial charge in [0.25, 0.3) is 0 Å². The molecule has 1 rings (SSSR count). The zero-order chi connectivity index (χ0) is 13.1. The van der Waals surface area contributed by atoms with Crippen LogP contribution in [0.2, 0.25) is 0 Å². The molecule has 0 radical (unpaired) electrons. The maximum atomic E-state index is 12.9. The van der Waals surface area contributed by atoms with E-state index in [-0.39, 0.29) is 18.2 Å². The summed E-state index contributed by atoms with van der Waals surface area (Å²) in [6.07, 6.45) is -4.06. The van der Waals surface area contributed by atoms with Crippen molar-refractivity contribution in [2.24, 2.45) is 0 Å². The molecule has 0 aliphatic carbocycles. The Morgan fingerprint density at radius 1 is 1.47 bits per heavy atom. The number of ether oxygens (including phenoxy) is 1. The second-order valence-electron chi connectivity index (χ2n) is 3.48. The van der Waals surface area contributed by atoms with Crippen molar-refractivity contribution in [2.45, 2.75) is 31.4 Å². The zero-order valence-electron chi connectivity index (χ0n) is 9.46. The fourth-order valence-electron chi connectivity index (χ4n) is 1.52. The molecule has 0 N–H and O–H groups in total. The number of halogens is 4. The fraction of sp³-hybridized carbons (Fsp3) is 0.778. The molecule has 1 heterocycles. The lowest BCUT2D eigenvalue weighted by atomic mass is 10.2. The second-order valence-corrected chi connectivity index (χ2v) is 3.75. The number of alkyl halides is 4. The molecule has 1 atom stereocenters. The lowest BCUT2D eigenvalue weighted by Gasteiger charge is -2.18. The van der Waals surface area contributed by atoms with Gasteiger partial charge in [0.05, 0.1) is 18.5 Å². The zero-order valence-corrected chi connectivity index (χ0v) is 10.2. The SMILES string of the molecule is CCC(COC)n1nnc(CCl)c1C(F)(F)F. The molecule has 0 saturated heterocycles. The summed E-state index contributed by atoms with van der Waals surface area (Å²) < 4.78 is 44.3. The van der Waals surface area contributed by atoms with Crippen molar-refractivity contribution in [1.29, 1.82) is 0 Å². The number of nitrogens with zero attached hydrogens (tertiary/aromatic N) is 3. The molecule has 0 aliphatic rings. The Kier molecular flexibility index (Phi) is 4.76. The van der Waals surface area contributed by atoms with Crippen LogP contribution in [0.25, 0.3) is 0 Å². The summed E-state index contributed by atoms with van der Waals surface area (Å²) in [5.74, 6) is -0.321. The average Bonchev–Trinajstić information content (AvgIpc) is 2.68. The van der Waals surface area contributed by atoms with Crippen LogP contribution in [0.3, 0.4) is 0 Å². The minimum absolute atomic E-state index is 0.144. The summed E-state index contributed by atoms with van der Waals surface area (Å²) >= 11 is 5.43. The van der Waals surface area contributed by atoms with Gasteiger partial charge in [-0.2, -0.15) is 13.2 Å². The molecule has 0 amide bonds. The second kappa shape index (κ2) is 5.68. The van der Waals surface area contributed by atoms with Gasteiger partial charge in [-0.3, -0.25) is 0 Å². The largest absolute Gasteiger partial charge is 0.434 e. The summed E-state index contributed by atoms with van der Waals surface area (Å²) in [7, 11) is 1.43. The van der Waals surface area contributed by atoms with Crippen molar-refractivity contribution in [3.8, 4) is 0 Å². The van der Waals surface area contributed by atoms with Gasteiger partial charge < -0.3 is 4.74 Å². The Balaban J connectivity index is 3.19. The maximum absolute atomic E-state index is 12.9. The molecule has 0 aliphatic heterocycles. The van der Waals surface area contributed by atoms with Gasteiger partial charge in [-0.1, -0.05) is 12.1 Å². The molecular weight excluding hydrogens is 259 g/mol. The first-order valence-electron chi connectivity index (χ1n) is 5.01. The van der Waals surface area contributed by atoms with Crippen LogP contribution in [-0.2, 0) is 16.8 Å². The van der Waals surface area contributed by atoms with Gasteiger partial charge in [0.15, 0.2) is 5.69 Å². The van der Waals surface area contributed by atoms with Crippen molar-refractivity contribution in [2.75, 3.05) is 13.7 Å². The highest BCUT2D eigenvalue weighted by molar-refractivity contribution is 6.16. The predicted molar refractivity (Wildman–Crippen MR) is 55.8 cm³/mol. The molecule has 0 bridgehead atoms. The van der Waals surface area contributed by atoms with Crippen molar-refractivity contribution in [3.63, 3.8) is 0 Å². The van der Waals surface area contributed by atoms with Gasteiger partial charge in [0.1, 0.15) is 5.69 Å². The third kappa shape index (κ3) is 3.10. The molecule has 17 heavy (non-hydrogen) atoms. The number of rotatable bonds is 5. The van der Waals surface area contributed by atoms with Gasteiger partial charge in [-0.05, 0) is 6.42 Å². The molecule has 0 fully saturated rings. The Morgan fingerprint density at radius 3 is 2.53 bits per heavy atom. The van der Waals surface area contributed by atoms with E-state index in [4.69, 9.17) is 16.3 Å². The number of methoxy groups -OCH3 is 1. The van der Waals surface area contributed by atoms with Gasteiger partial charge in [-0.25, -0.2) is 4.68 Å². The molecule has 1 unspecified atom stereocenters. The van der Waals surface area contributed by atoms with E-state index in [0.29, 0.717) is 6.42 Å². The van der Waals surface area contributed by atoms with E-state index in [1.54, 1.807) is 6.92 Å². The third-order valence-corrected chi connectivity index (χ3v) is 2.59. The molecule has 1 aromatic rings. The van der Waals surface area contributed by atoms with Crippen molar-refractivity contribution >= 4 is 11.6 Å². The van der Waals surface area contributed by atoms with Crippen LogP contribution < -0.4 is 0 Å². The van der Waals surface area contributed by atoms with Crippen LogP contribution in [0.4, 0.5) is 13.2 Å². The molecule has 0 spiro atoms. The van der Waals surface area contributed by atoms with E-state index in [9.17, 15) is 13.2 Å². The Labute approximate surface area is 102 Å². The highest BCUT2D eigenvalue weighted by Gasteiger charge is 2.40. The van der Waals surface area contributed by atoms with Crippen LogP contribution in [0.1, 0.15) is 30.8 Å². The number of hydrogen-bond donors (Lipinski definition) is 0. The van der Waals surface area contributed by atoms with Gasteiger partial charge in [-0.15, -0.1) is 16.7 Å².